The first-order valence-corrected chi connectivity index (χ1v) is 5.64. The number of benzene rings is 1. The minimum atomic E-state index is 0.687. The number of rotatable bonds is 3. The lowest BCUT2D eigenvalue weighted by atomic mass is 10.1. The van der Waals surface area contributed by atoms with Crippen LogP contribution in [0.4, 0.5) is 0 Å². The average molecular weight is 207 g/mol. The maximum atomic E-state index is 8.91. The number of nitrogens with zero attached hydrogens (tertiary/aromatic N) is 1. The van der Waals surface area contributed by atoms with Crippen LogP contribution < -0.4 is 4.74 Å². The smallest absolute Gasteiger partial charge is 0.123 e. The van der Waals surface area contributed by atoms with Crippen molar-refractivity contribution in [1.29, 1.82) is 5.26 Å². The van der Waals surface area contributed by atoms with Crippen LogP contribution in [-0.2, 0) is 6.42 Å². The Balaban J connectivity index is 3.30. The number of ether oxygens (including phenoxy) is 1. The van der Waals surface area contributed by atoms with E-state index in [0.717, 1.165) is 22.6 Å². The Morgan fingerprint density at radius 3 is 2.64 bits per heavy atom. The second kappa shape index (κ2) is 4.92. The lowest BCUT2D eigenvalue weighted by Gasteiger charge is -2.09. The number of aryl methyl sites for hydroxylation is 1. The highest BCUT2D eigenvalue weighted by Gasteiger charge is 2.08. The molecule has 0 aliphatic carbocycles. The third-order valence-corrected chi connectivity index (χ3v) is 2.88. The molecule has 0 amide bonds. The molecule has 0 fully saturated rings. The fourth-order valence-corrected chi connectivity index (χ4v) is 1.91. The molecule has 0 atom stereocenters. The Morgan fingerprint density at radius 1 is 1.50 bits per heavy atom. The predicted octanol–water partition coefficient (Wildman–Crippen LogP) is 2.85. The molecule has 3 heteroatoms. The molecule has 0 saturated heterocycles. The van der Waals surface area contributed by atoms with E-state index in [1.165, 1.54) is 0 Å². The third-order valence-electron chi connectivity index (χ3n) is 2.10. The van der Waals surface area contributed by atoms with Crippen LogP contribution >= 0.6 is 11.8 Å². The molecule has 0 saturated carbocycles. The van der Waals surface area contributed by atoms with Crippen molar-refractivity contribution in [3.63, 3.8) is 0 Å². The maximum Gasteiger partial charge on any atom is 0.123 e. The summed E-state index contributed by atoms with van der Waals surface area (Å²) in [5, 5.41) is 8.91. The van der Waals surface area contributed by atoms with Crippen LogP contribution in [0.3, 0.4) is 0 Å². The first-order chi connectivity index (χ1) is 6.76. The molecule has 0 spiro atoms. The van der Waals surface area contributed by atoms with Gasteiger partial charge in [-0.05, 0) is 30.4 Å². The van der Waals surface area contributed by atoms with E-state index in [2.05, 4.69) is 13.0 Å². The van der Waals surface area contributed by atoms with Crippen LogP contribution in [-0.4, -0.2) is 13.4 Å². The average Bonchev–Trinajstić information content (AvgIpc) is 2.26. The van der Waals surface area contributed by atoms with E-state index < -0.39 is 0 Å². The highest BCUT2D eigenvalue weighted by atomic mass is 32.2. The number of hydrogen-bond acceptors (Lipinski definition) is 3. The summed E-state index contributed by atoms with van der Waals surface area (Å²) in [5.74, 6) is 0.807. The molecule has 0 unspecified atom stereocenters. The van der Waals surface area contributed by atoms with Gasteiger partial charge in [0.05, 0.1) is 12.7 Å². The summed E-state index contributed by atoms with van der Waals surface area (Å²) < 4.78 is 5.22. The van der Waals surface area contributed by atoms with Crippen molar-refractivity contribution >= 4 is 11.8 Å². The number of methoxy groups -OCH3 is 1. The summed E-state index contributed by atoms with van der Waals surface area (Å²) in [4.78, 5) is 1.02. The van der Waals surface area contributed by atoms with E-state index in [1.807, 2.05) is 18.4 Å². The maximum absolute atomic E-state index is 8.91. The zero-order valence-corrected chi connectivity index (χ0v) is 9.44. The van der Waals surface area contributed by atoms with E-state index in [0.29, 0.717) is 5.56 Å². The first kappa shape index (κ1) is 10.9. The Kier molecular flexibility index (Phi) is 3.84. The van der Waals surface area contributed by atoms with Crippen LogP contribution in [0.25, 0.3) is 0 Å². The molecule has 0 aliphatic heterocycles. The first-order valence-electron chi connectivity index (χ1n) is 4.41. The fraction of sp³-hybridized carbons (Fsp3) is 0.364. The van der Waals surface area contributed by atoms with Gasteiger partial charge in [-0.1, -0.05) is 6.92 Å². The van der Waals surface area contributed by atoms with Crippen molar-refractivity contribution < 1.29 is 4.74 Å². The van der Waals surface area contributed by atoms with Gasteiger partial charge in [0.25, 0.3) is 0 Å². The fourth-order valence-electron chi connectivity index (χ4n) is 1.32. The number of thioether (sulfide) groups is 1. The SMILES string of the molecule is CCc1cc(SC)c(C#N)cc1OC. The van der Waals surface area contributed by atoms with Crippen molar-refractivity contribution in [2.45, 2.75) is 18.2 Å². The van der Waals surface area contributed by atoms with Gasteiger partial charge in [0, 0.05) is 4.90 Å². The topological polar surface area (TPSA) is 33.0 Å². The van der Waals surface area contributed by atoms with E-state index >= 15 is 0 Å². The summed E-state index contributed by atoms with van der Waals surface area (Å²) in [6.07, 6.45) is 2.89. The highest BCUT2D eigenvalue weighted by molar-refractivity contribution is 7.98. The van der Waals surface area contributed by atoms with Gasteiger partial charge >= 0.3 is 0 Å². The third kappa shape index (κ3) is 2.02. The second-order valence-electron chi connectivity index (χ2n) is 2.83. The summed E-state index contributed by atoms with van der Waals surface area (Å²) in [6.45, 7) is 2.08. The molecule has 0 N–H and O–H groups in total. The summed E-state index contributed by atoms with van der Waals surface area (Å²) in [6, 6.07) is 6.01. The van der Waals surface area contributed by atoms with Gasteiger partial charge in [0.15, 0.2) is 0 Å². The molecule has 0 radical (unpaired) electrons. The Bertz CT molecular complexity index is 368. The van der Waals surface area contributed by atoms with Crippen molar-refractivity contribution in [3.8, 4) is 11.8 Å². The molecule has 1 aromatic carbocycles. The largest absolute Gasteiger partial charge is 0.496 e. The molecule has 74 valence electrons. The monoisotopic (exact) mass is 207 g/mol. The van der Waals surface area contributed by atoms with Gasteiger partial charge in [-0.15, -0.1) is 11.8 Å². The molecular weight excluding hydrogens is 194 g/mol. The Labute approximate surface area is 88.9 Å². The van der Waals surface area contributed by atoms with E-state index in [-0.39, 0.29) is 0 Å². The summed E-state index contributed by atoms with van der Waals surface area (Å²) >= 11 is 1.59. The standard InChI is InChI=1S/C11H13NOS/c1-4-8-6-11(14-3)9(7-12)5-10(8)13-2/h5-6H,4H2,1-3H3. The Hall–Kier alpha value is -1.14. The lowest BCUT2D eigenvalue weighted by molar-refractivity contribution is 0.409. The molecule has 1 rings (SSSR count). The van der Waals surface area contributed by atoms with Gasteiger partial charge in [0.2, 0.25) is 0 Å². The van der Waals surface area contributed by atoms with E-state index in [9.17, 15) is 0 Å². The predicted molar refractivity (Wildman–Crippen MR) is 58.9 cm³/mol. The van der Waals surface area contributed by atoms with Gasteiger partial charge in [-0.2, -0.15) is 5.26 Å². The minimum absolute atomic E-state index is 0.687. The van der Waals surface area contributed by atoms with Gasteiger partial charge in [0.1, 0.15) is 11.8 Å². The van der Waals surface area contributed by atoms with Gasteiger partial charge in [-0.3, -0.25) is 0 Å². The zero-order valence-electron chi connectivity index (χ0n) is 8.63. The normalized spacial score (nSPS) is 9.57. The molecule has 0 aliphatic rings. The van der Waals surface area contributed by atoms with Crippen LogP contribution in [0.5, 0.6) is 5.75 Å². The molecule has 2 nitrogen and oxygen atoms in total. The molecule has 0 heterocycles. The molecule has 0 bridgehead atoms. The van der Waals surface area contributed by atoms with E-state index in [4.69, 9.17) is 10.00 Å². The van der Waals surface area contributed by atoms with Crippen LogP contribution in [0, 0.1) is 11.3 Å². The van der Waals surface area contributed by atoms with E-state index in [1.54, 1.807) is 18.9 Å². The minimum Gasteiger partial charge on any atom is -0.496 e. The van der Waals surface area contributed by atoms with Crippen molar-refractivity contribution in [2.75, 3.05) is 13.4 Å². The van der Waals surface area contributed by atoms with Crippen LogP contribution in [0.2, 0.25) is 0 Å². The Morgan fingerprint density at radius 2 is 2.21 bits per heavy atom. The zero-order chi connectivity index (χ0) is 10.6. The highest BCUT2D eigenvalue weighted by Crippen LogP contribution is 2.28. The van der Waals surface area contributed by atoms with Gasteiger partial charge in [-0.25, -0.2) is 0 Å². The molecule has 0 aromatic heterocycles. The van der Waals surface area contributed by atoms with Crippen molar-refractivity contribution in [3.05, 3.63) is 23.3 Å². The van der Waals surface area contributed by atoms with Crippen molar-refractivity contribution in [2.24, 2.45) is 0 Å². The molecule has 1 aromatic rings. The van der Waals surface area contributed by atoms with Crippen LogP contribution in [0.1, 0.15) is 18.1 Å². The lowest BCUT2D eigenvalue weighted by Crippen LogP contribution is -1.93. The number of hydrogen-bond donors (Lipinski definition) is 0. The van der Waals surface area contributed by atoms with Crippen LogP contribution in [0.15, 0.2) is 17.0 Å². The summed E-state index contributed by atoms with van der Waals surface area (Å²) in [7, 11) is 1.63. The van der Waals surface area contributed by atoms with Gasteiger partial charge < -0.3 is 4.74 Å². The summed E-state index contributed by atoms with van der Waals surface area (Å²) in [5.41, 5.74) is 1.84. The molecule has 14 heavy (non-hydrogen) atoms. The van der Waals surface area contributed by atoms with Crippen molar-refractivity contribution in [1.82, 2.24) is 0 Å². The second-order valence-corrected chi connectivity index (χ2v) is 3.68. The number of nitriles is 1. The quantitative estimate of drug-likeness (QED) is 0.714. The molecular formula is C11H13NOS.